The van der Waals surface area contributed by atoms with Gasteiger partial charge in [0.15, 0.2) is 11.6 Å². The Morgan fingerprint density at radius 3 is 2.22 bits per heavy atom. The summed E-state index contributed by atoms with van der Waals surface area (Å²) in [6.07, 6.45) is 23.0. The highest BCUT2D eigenvalue weighted by atomic mass is 19.1. The molecule has 0 aromatic heterocycles. The first kappa shape index (κ1) is 23.8. The van der Waals surface area contributed by atoms with E-state index < -0.39 is 0 Å². The van der Waals surface area contributed by atoms with Crippen LogP contribution in [-0.4, -0.2) is 6.10 Å². The second-order valence-corrected chi connectivity index (χ2v) is 11.1. The van der Waals surface area contributed by atoms with Crippen molar-refractivity contribution in [2.45, 2.75) is 116 Å². The van der Waals surface area contributed by atoms with E-state index in [9.17, 15) is 4.39 Å². The molecule has 0 amide bonds. The zero-order chi connectivity index (χ0) is 22.3. The number of allylic oxidation sites excluding steroid dienone is 1. The number of ether oxygens (including phenoxy) is 1. The first-order valence-electron chi connectivity index (χ1n) is 13.8. The molecule has 2 fully saturated rings. The topological polar surface area (TPSA) is 9.23 Å². The third-order valence-corrected chi connectivity index (χ3v) is 8.80. The van der Waals surface area contributed by atoms with E-state index in [2.05, 4.69) is 25.6 Å². The van der Waals surface area contributed by atoms with Gasteiger partial charge in [-0.3, -0.25) is 0 Å². The van der Waals surface area contributed by atoms with Crippen LogP contribution in [0.15, 0.2) is 24.8 Å². The van der Waals surface area contributed by atoms with Gasteiger partial charge in [0.1, 0.15) is 6.10 Å². The Morgan fingerprint density at radius 2 is 1.59 bits per heavy atom. The minimum absolute atomic E-state index is 0.137. The predicted octanol–water partition coefficient (Wildman–Crippen LogP) is 8.83. The first-order chi connectivity index (χ1) is 15.7. The molecular formula is C30H45FO. The molecule has 0 saturated heterocycles. The molecule has 4 rings (SSSR count). The minimum atomic E-state index is -0.137. The molecule has 1 heterocycles. The maximum atomic E-state index is 14.7. The summed E-state index contributed by atoms with van der Waals surface area (Å²) >= 11 is 0. The smallest absolute Gasteiger partial charge is 0.165 e. The maximum Gasteiger partial charge on any atom is 0.165 e. The molecule has 0 bridgehead atoms. The summed E-state index contributed by atoms with van der Waals surface area (Å²) in [5, 5.41) is 0. The minimum Gasteiger partial charge on any atom is -0.487 e. The molecular weight excluding hydrogens is 395 g/mol. The maximum absolute atomic E-state index is 14.7. The molecule has 0 radical (unpaired) electrons. The molecule has 1 aromatic carbocycles. The van der Waals surface area contributed by atoms with Crippen LogP contribution in [-0.2, 0) is 12.8 Å². The molecule has 0 N–H and O–H groups in total. The van der Waals surface area contributed by atoms with Crippen molar-refractivity contribution < 1.29 is 9.13 Å². The van der Waals surface area contributed by atoms with Crippen LogP contribution in [0, 0.1) is 29.5 Å². The zero-order valence-corrected chi connectivity index (χ0v) is 20.4. The Bertz CT molecular complexity index is 725. The summed E-state index contributed by atoms with van der Waals surface area (Å²) in [7, 11) is 0. The van der Waals surface area contributed by atoms with Gasteiger partial charge in [0.2, 0.25) is 0 Å². The number of rotatable bonds is 9. The molecule has 1 aliphatic heterocycles. The van der Waals surface area contributed by atoms with Gasteiger partial charge in [0.25, 0.3) is 0 Å². The fourth-order valence-corrected chi connectivity index (χ4v) is 6.73. The van der Waals surface area contributed by atoms with Crippen LogP contribution in [0.5, 0.6) is 5.75 Å². The second kappa shape index (κ2) is 11.7. The van der Waals surface area contributed by atoms with Gasteiger partial charge in [-0.25, -0.2) is 4.39 Å². The van der Waals surface area contributed by atoms with E-state index in [1.54, 1.807) is 6.07 Å². The van der Waals surface area contributed by atoms with Crippen molar-refractivity contribution in [2.24, 2.45) is 23.7 Å². The lowest BCUT2D eigenvalue weighted by molar-refractivity contribution is 0.0715. The SMILES string of the molecule is C=CC1CCC(CCCCC2CCC(C3CCc4cc(CCC)cc(F)c4O3)CC2)CC1. The van der Waals surface area contributed by atoms with E-state index in [0.717, 1.165) is 54.6 Å². The molecule has 2 saturated carbocycles. The summed E-state index contributed by atoms with van der Waals surface area (Å²) in [5.74, 6) is 3.72. The molecule has 3 aliphatic rings. The first-order valence-corrected chi connectivity index (χ1v) is 13.8. The number of hydrogen-bond donors (Lipinski definition) is 0. The second-order valence-electron chi connectivity index (χ2n) is 11.1. The van der Waals surface area contributed by atoms with Gasteiger partial charge < -0.3 is 4.74 Å². The van der Waals surface area contributed by atoms with Crippen molar-refractivity contribution in [1.29, 1.82) is 0 Å². The molecule has 1 unspecified atom stereocenters. The summed E-state index contributed by atoms with van der Waals surface area (Å²) in [5.41, 5.74) is 2.21. The Balaban J connectivity index is 1.15. The normalized spacial score (nSPS) is 30.4. The van der Waals surface area contributed by atoms with Gasteiger partial charge >= 0.3 is 0 Å². The van der Waals surface area contributed by atoms with Crippen molar-refractivity contribution in [3.05, 3.63) is 41.7 Å². The Labute approximate surface area is 196 Å². The average molecular weight is 441 g/mol. The highest BCUT2D eigenvalue weighted by Crippen LogP contribution is 2.40. The number of unbranched alkanes of at least 4 members (excludes halogenated alkanes) is 1. The van der Waals surface area contributed by atoms with Crippen LogP contribution >= 0.6 is 0 Å². The quantitative estimate of drug-likeness (QED) is 0.275. The molecule has 1 aromatic rings. The van der Waals surface area contributed by atoms with Crippen molar-refractivity contribution in [3.8, 4) is 5.75 Å². The van der Waals surface area contributed by atoms with E-state index in [1.807, 2.05) is 0 Å². The lowest BCUT2D eigenvalue weighted by Crippen LogP contribution is -2.34. The summed E-state index contributed by atoms with van der Waals surface area (Å²) in [4.78, 5) is 0. The van der Waals surface area contributed by atoms with Crippen LogP contribution in [0.4, 0.5) is 4.39 Å². The molecule has 1 nitrogen and oxygen atoms in total. The molecule has 178 valence electrons. The van der Waals surface area contributed by atoms with Gasteiger partial charge in [0.05, 0.1) is 0 Å². The van der Waals surface area contributed by atoms with Gasteiger partial charge in [-0.1, -0.05) is 64.0 Å². The van der Waals surface area contributed by atoms with Gasteiger partial charge in [-0.2, -0.15) is 0 Å². The average Bonchev–Trinajstić information content (AvgIpc) is 2.83. The van der Waals surface area contributed by atoms with E-state index in [4.69, 9.17) is 4.74 Å². The fraction of sp³-hybridized carbons (Fsp3) is 0.733. The molecule has 0 spiro atoms. The van der Waals surface area contributed by atoms with Crippen molar-refractivity contribution >= 4 is 0 Å². The summed E-state index contributed by atoms with van der Waals surface area (Å²) in [6.45, 7) is 6.12. The third kappa shape index (κ3) is 6.17. The van der Waals surface area contributed by atoms with Crippen molar-refractivity contribution in [3.63, 3.8) is 0 Å². The van der Waals surface area contributed by atoms with Gasteiger partial charge in [0, 0.05) is 0 Å². The molecule has 2 heteroatoms. The lowest BCUT2D eigenvalue weighted by Gasteiger charge is -2.37. The lowest BCUT2D eigenvalue weighted by atomic mass is 9.75. The molecule has 32 heavy (non-hydrogen) atoms. The van der Waals surface area contributed by atoms with Gasteiger partial charge in [-0.15, -0.1) is 6.58 Å². The zero-order valence-electron chi connectivity index (χ0n) is 20.4. The fourth-order valence-electron chi connectivity index (χ4n) is 6.73. The monoisotopic (exact) mass is 440 g/mol. The predicted molar refractivity (Wildman–Crippen MR) is 133 cm³/mol. The third-order valence-electron chi connectivity index (χ3n) is 8.80. The largest absolute Gasteiger partial charge is 0.487 e. The molecule has 2 aliphatic carbocycles. The van der Waals surface area contributed by atoms with Crippen LogP contribution in [0.2, 0.25) is 0 Å². The Morgan fingerprint density at radius 1 is 0.938 bits per heavy atom. The van der Waals surface area contributed by atoms with Crippen LogP contribution in [0.3, 0.4) is 0 Å². The van der Waals surface area contributed by atoms with Crippen LogP contribution in [0.1, 0.15) is 108 Å². The number of fused-ring (bicyclic) bond motifs is 1. The standard InChI is InChI=1S/C30H45FO/c1-3-7-25-20-27-18-19-29(32-30(27)28(31)21-25)26-16-14-24(15-17-26)9-6-5-8-23-12-10-22(4-2)11-13-23/h4,20-24,26,29H,2-3,5-19H2,1H3. The number of benzene rings is 1. The van der Waals surface area contributed by atoms with E-state index in [0.29, 0.717) is 11.7 Å². The van der Waals surface area contributed by atoms with Crippen molar-refractivity contribution in [1.82, 2.24) is 0 Å². The van der Waals surface area contributed by atoms with Crippen LogP contribution in [0.25, 0.3) is 0 Å². The van der Waals surface area contributed by atoms with Gasteiger partial charge in [-0.05, 0) is 98.7 Å². The van der Waals surface area contributed by atoms with E-state index in [1.165, 1.54) is 77.0 Å². The number of aryl methyl sites for hydroxylation is 2. The number of hydrogen-bond acceptors (Lipinski definition) is 1. The van der Waals surface area contributed by atoms with Crippen LogP contribution < -0.4 is 4.74 Å². The highest BCUT2D eigenvalue weighted by Gasteiger charge is 2.32. The highest BCUT2D eigenvalue weighted by molar-refractivity contribution is 5.40. The van der Waals surface area contributed by atoms with E-state index >= 15 is 0 Å². The van der Waals surface area contributed by atoms with Crippen molar-refractivity contribution in [2.75, 3.05) is 0 Å². The molecule has 1 atom stereocenters. The summed E-state index contributed by atoms with van der Waals surface area (Å²) < 4.78 is 20.9. The number of halogens is 1. The van der Waals surface area contributed by atoms with E-state index in [-0.39, 0.29) is 11.9 Å². The summed E-state index contributed by atoms with van der Waals surface area (Å²) in [6, 6.07) is 3.88. The Hall–Kier alpha value is -1.31. The Kier molecular flexibility index (Phi) is 8.72.